The molecule has 0 aliphatic carbocycles. The Bertz CT molecular complexity index is 523. The number of rotatable bonds is 4. The van der Waals surface area contributed by atoms with E-state index < -0.39 is 5.97 Å². The zero-order valence-electron chi connectivity index (χ0n) is 11.5. The van der Waals surface area contributed by atoms with Crippen molar-refractivity contribution in [2.24, 2.45) is 0 Å². The zero-order valence-corrected chi connectivity index (χ0v) is 13.9. The van der Waals surface area contributed by atoms with E-state index in [1.54, 1.807) is 22.7 Å². The summed E-state index contributed by atoms with van der Waals surface area (Å²) in [5.74, 6) is 0.625. The Morgan fingerprint density at radius 3 is 2.95 bits per heavy atom. The highest BCUT2D eigenvalue weighted by Gasteiger charge is 2.29. The minimum absolute atomic E-state index is 0.0143. The van der Waals surface area contributed by atoms with E-state index in [2.05, 4.69) is 5.32 Å². The number of thioether (sulfide) groups is 1. The van der Waals surface area contributed by atoms with Crippen molar-refractivity contribution in [3.63, 3.8) is 0 Å². The molecule has 116 valence electrons. The van der Waals surface area contributed by atoms with Gasteiger partial charge in [0.25, 0.3) is 0 Å². The second kappa shape index (κ2) is 7.38. The van der Waals surface area contributed by atoms with Crippen molar-refractivity contribution in [2.45, 2.75) is 25.4 Å². The van der Waals surface area contributed by atoms with Crippen molar-refractivity contribution in [3.05, 3.63) is 21.3 Å². The number of thiophene rings is 1. The first-order valence-electron chi connectivity index (χ1n) is 6.59. The van der Waals surface area contributed by atoms with Crippen LogP contribution in [0.3, 0.4) is 0 Å². The van der Waals surface area contributed by atoms with Crippen LogP contribution >= 0.6 is 34.7 Å². The number of carbonyl (C=O) groups excluding carboxylic acids is 1. The fraction of sp³-hybridized carbons (Fsp3) is 0.538. The van der Waals surface area contributed by atoms with E-state index in [0.717, 1.165) is 10.6 Å². The molecule has 1 fully saturated rings. The second-order valence-electron chi connectivity index (χ2n) is 4.83. The molecule has 0 spiro atoms. The summed E-state index contributed by atoms with van der Waals surface area (Å²) in [7, 11) is 0. The van der Waals surface area contributed by atoms with Crippen molar-refractivity contribution in [3.8, 4) is 0 Å². The molecule has 0 bridgehead atoms. The van der Waals surface area contributed by atoms with Gasteiger partial charge in [0.1, 0.15) is 0 Å². The third-order valence-corrected chi connectivity index (χ3v) is 5.76. The number of halogens is 1. The molecule has 1 saturated heterocycles. The van der Waals surface area contributed by atoms with Crippen LogP contribution in [0.4, 0.5) is 4.79 Å². The molecule has 1 aliphatic rings. The van der Waals surface area contributed by atoms with Crippen molar-refractivity contribution in [1.29, 1.82) is 0 Å². The number of amides is 2. The number of nitrogens with one attached hydrogen (secondary N) is 1. The van der Waals surface area contributed by atoms with E-state index in [-0.39, 0.29) is 24.5 Å². The fourth-order valence-electron chi connectivity index (χ4n) is 2.19. The minimum atomic E-state index is -0.876. The SMILES string of the molecule is CC(NC(=O)N1CCSCC1CC(=O)O)c1ccc(Cl)s1. The summed E-state index contributed by atoms with van der Waals surface area (Å²) in [6.45, 7) is 2.47. The maximum absolute atomic E-state index is 12.4. The van der Waals surface area contributed by atoms with E-state index in [0.29, 0.717) is 16.6 Å². The molecule has 2 rings (SSSR count). The van der Waals surface area contributed by atoms with Crippen molar-refractivity contribution in [1.82, 2.24) is 10.2 Å². The van der Waals surface area contributed by atoms with Gasteiger partial charge in [-0.2, -0.15) is 11.8 Å². The lowest BCUT2D eigenvalue weighted by molar-refractivity contribution is -0.137. The van der Waals surface area contributed by atoms with Crippen LogP contribution in [0.1, 0.15) is 24.3 Å². The second-order valence-corrected chi connectivity index (χ2v) is 7.73. The Labute approximate surface area is 136 Å². The Kier molecular flexibility index (Phi) is 5.78. The average Bonchev–Trinajstić information content (AvgIpc) is 2.85. The first-order valence-corrected chi connectivity index (χ1v) is 8.94. The number of nitrogens with zero attached hydrogens (tertiary/aromatic N) is 1. The van der Waals surface area contributed by atoms with E-state index in [1.807, 2.05) is 13.0 Å². The number of urea groups is 1. The Morgan fingerprint density at radius 1 is 1.57 bits per heavy atom. The van der Waals surface area contributed by atoms with Crippen LogP contribution in [0, 0.1) is 0 Å². The van der Waals surface area contributed by atoms with Crippen LogP contribution in [0.15, 0.2) is 12.1 Å². The number of aliphatic carboxylic acids is 1. The van der Waals surface area contributed by atoms with Gasteiger partial charge < -0.3 is 15.3 Å². The van der Waals surface area contributed by atoms with Crippen molar-refractivity contribution < 1.29 is 14.7 Å². The first kappa shape index (κ1) is 16.5. The Hall–Kier alpha value is -0.920. The highest BCUT2D eigenvalue weighted by atomic mass is 35.5. The number of carboxylic acid groups (broad SMARTS) is 1. The molecule has 0 aromatic carbocycles. The summed E-state index contributed by atoms with van der Waals surface area (Å²) >= 11 is 9.01. The Balaban J connectivity index is 1.98. The van der Waals surface area contributed by atoms with Gasteiger partial charge in [0, 0.05) is 22.9 Å². The van der Waals surface area contributed by atoms with Crippen LogP contribution in [0.2, 0.25) is 4.34 Å². The lowest BCUT2D eigenvalue weighted by Gasteiger charge is -2.35. The highest BCUT2D eigenvalue weighted by molar-refractivity contribution is 7.99. The summed E-state index contributed by atoms with van der Waals surface area (Å²) in [5, 5.41) is 11.9. The van der Waals surface area contributed by atoms with Gasteiger partial charge in [-0.25, -0.2) is 4.79 Å². The molecule has 2 N–H and O–H groups in total. The molecule has 2 amide bonds. The number of hydrogen-bond donors (Lipinski definition) is 2. The van der Waals surface area contributed by atoms with E-state index in [9.17, 15) is 9.59 Å². The molecule has 0 radical (unpaired) electrons. The van der Waals surface area contributed by atoms with Crippen molar-refractivity contribution >= 4 is 46.7 Å². The maximum Gasteiger partial charge on any atom is 0.318 e. The van der Waals surface area contributed by atoms with Crippen LogP contribution in [-0.2, 0) is 4.79 Å². The molecule has 1 aromatic rings. The molecule has 21 heavy (non-hydrogen) atoms. The summed E-state index contributed by atoms with van der Waals surface area (Å²) in [6.07, 6.45) is -0.0143. The first-order chi connectivity index (χ1) is 9.97. The molecule has 2 heterocycles. The van der Waals surface area contributed by atoms with Crippen LogP contribution < -0.4 is 5.32 Å². The molecule has 1 aliphatic heterocycles. The summed E-state index contributed by atoms with van der Waals surface area (Å²) in [5.41, 5.74) is 0. The zero-order chi connectivity index (χ0) is 15.4. The van der Waals surface area contributed by atoms with E-state index >= 15 is 0 Å². The topological polar surface area (TPSA) is 69.6 Å². The van der Waals surface area contributed by atoms with Gasteiger partial charge in [-0.15, -0.1) is 11.3 Å². The molecule has 8 heteroatoms. The van der Waals surface area contributed by atoms with Crippen LogP contribution in [0.25, 0.3) is 0 Å². The molecule has 2 atom stereocenters. The minimum Gasteiger partial charge on any atom is -0.481 e. The lowest BCUT2D eigenvalue weighted by atomic mass is 10.2. The summed E-state index contributed by atoms with van der Waals surface area (Å²) < 4.78 is 0.684. The molecule has 1 aromatic heterocycles. The predicted octanol–water partition coefficient (Wildman–Crippen LogP) is 3.06. The van der Waals surface area contributed by atoms with Gasteiger partial charge >= 0.3 is 12.0 Å². The molecular formula is C13H17ClN2O3S2. The quantitative estimate of drug-likeness (QED) is 0.877. The molecule has 0 saturated carbocycles. The molecule has 5 nitrogen and oxygen atoms in total. The van der Waals surface area contributed by atoms with Gasteiger partial charge in [0.15, 0.2) is 0 Å². The monoisotopic (exact) mass is 348 g/mol. The van der Waals surface area contributed by atoms with Gasteiger partial charge in [-0.1, -0.05) is 11.6 Å². The standard InChI is InChI=1S/C13H17ClN2O3S2/c1-8(10-2-3-11(14)21-10)15-13(19)16-4-5-20-7-9(16)6-12(17)18/h2-3,8-9H,4-7H2,1H3,(H,15,19)(H,17,18). The van der Waals surface area contributed by atoms with E-state index in [1.165, 1.54) is 11.3 Å². The Morgan fingerprint density at radius 2 is 2.33 bits per heavy atom. The third-order valence-electron chi connectivity index (χ3n) is 3.26. The van der Waals surface area contributed by atoms with Gasteiger partial charge in [-0.05, 0) is 19.1 Å². The highest BCUT2D eigenvalue weighted by Crippen LogP contribution is 2.27. The largest absolute Gasteiger partial charge is 0.481 e. The summed E-state index contributed by atoms with van der Waals surface area (Å²) in [4.78, 5) is 25.9. The predicted molar refractivity (Wildman–Crippen MR) is 86.3 cm³/mol. The van der Waals surface area contributed by atoms with Crippen molar-refractivity contribution in [2.75, 3.05) is 18.1 Å². The molecular weight excluding hydrogens is 332 g/mol. The normalized spacial score (nSPS) is 20.1. The maximum atomic E-state index is 12.4. The van der Waals surface area contributed by atoms with E-state index in [4.69, 9.17) is 16.7 Å². The smallest absolute Gasteiger partial charge is 0.318 e. The number of carboxylic acids is 1. The van der Waals surface area contributed by atoms with Gasteiger partial charge in [-0.3, -0.25) is 4.79 Å². The van der Waals surface area contributed by atoms with Gasteiger partial charge in [0.05, 0.1) is 22.8 Å². The number of carbonyl (C=O) groups is 2. The fourth-order valence-corrected chi connectivity index (χ4v) is 4.32. The van der Waals surface area contributed by atoms with Gasteiger partial charge in [0.2, 0.25) is 0 Å². The average molecular weight is 349 g/mol. The molecule has 2 unspecified atom stereocenters. The lowest BCUT2D eigenvalue weighted by Crippen LogP contribution is -2.51. The number of hydrogen-bond acceptors (Lipinski definition) is 4. The van der Waals surface area contributed by atoms with Crippen LogP contribution in [-0.4, -0.2) is 46.1 Å². The van der Waals surface area contributed by atoms with Crippen LogP contribution in [0.5, 0.6) is 0 Å². The summed E-state index contributed by atoms with van der Waals surface area (Å²) in [6, 6.07) is 3.09. The third kappa shape index (κ3) is 4.52.